The lowest BCUT2D eigenvalue weighted by Crippen LogP contribution is -2.34. The van der Waals surface area contributed by atoms with Gasteiger partial charge in [0.25, 0.3) is 0 Å². The third-order valence-corrected chi connectivity index (χ3v) is 3.97. The highest BCUT2D eigenvalue weighted by Crippen LogP contribution is 2.16. The van der Waals surface area contributed by atoms with Crippen LogP contribution in [-0.4, -0.2) is 12.5 Å². The molecule has 3 N–H and O–H groups in total. The molecule has 0 aliphatic carbocycles. The first-order valence-corrected chi connectivity index (χ1v) is 7.24. The maximum absolute atomic E-state index is 11.8. The highest BCUT2D eigenvalue weighted by molar-refractivity contribution is 7.10. The lowest BCUT2D eigenvalue weighted by molar-refractivity contribution is -0.122. The largest absolute Gasteiger partial charge is 0.354 e. The zero-order chi connectivity index (χ0) is 13.7. The van der Waals surface area contributed by atoms with Crippen LogP contribution in [0.25, 0.3) is 0 Å². The number of hydrogen-bond donors (Lipinski definition) is 2. The molecule has 19 heavy (non-hydrogen) atoms. The van der Waals surface area contributed by atoms with Crippen molar-refractivity contribution in [2.45, 2.75) is 12.5 Å². The van der Waals surface area contributed by atoms with Gasteiger partial charge in [0.1, 0.15) is 6.04 Å². The number of nitrogens with two attached hydrogens (primary N) is 1. The van der Waals surface area contributed by atoms with E-state index in [1.807, 2.05) is 41.8 Å². The summed E-state index contributed by atoms with van der Waals surface area (Å²) >= 11 is 7.30. The molecule has 0 fully saturated rings. The maximum Gasteiger partial charge on any atom is 0.242 e. The molecule has 0 saturated heterocycles. The molecule has 1 aromatic carbocycles. The van der Waals surface area contributed by atoms with E-state index >= 15 is 0 Å². The molecule has 1 heterocycles. The molecule has 0 spiro atoms. The molecule has 1 amide bonds. The van der Waals surface area contributed by atoms with Gasteiger partial charge in [-0.25, -0.2) is 0 Å². The quantitative estimate of drug-likeness (QED) is 0.891. The van der Waals surface area contributed by atoms with E-state index < -0.39 is 6.04 Å². The van der Waals surface area contributed by atoms with E-state index in [1.54, 1.807) is 0 Å². The summed E-state index contributed by atoms with van der Waals surface area (Å²) in [5, 5.41) is 5.47. The number of hydrogen-bond acceptors (Lipinski definition) is 3. The van der Waals surface area contributed by atoms with Crippen molar-refractivity contribution in [3.05, 3.63) is 57.2 Å². The Morgan fingerprint density at radius 1 is 1.32 bits per heavy atom. The van der Waals surface area contributed by atoms with Crippen LogP contribution in [0.2, 0.25) is 5.02 Å². The number of halogens is 1. The van der Waals surface area contributed by atoms with Gasteiger partial charge in [-0.2, -0.15) is 0 Å². The van der Waals surface area contributed by atoms with Crippen LogP contribution in [0.1, 0.15) is 16.5 Å². The Morgan fingerprint density at radius 2 is 2.05 bits per heavy atom. The summed E-state index contributed by atoms with van der Waals surface area (Å²) in [6.45, 7) is 0.569. The van der Waals surface area contributed by atoms with Crippen LogP contribution < -0.4 is 11.1 Å². The Hall–Kier alpha value is -1.36. The van der Waals surface area contributed by atoms with Crippen molar-refractivity contribution in [3.63, 3.8) is 0 Å². The van der Waals surface area contributed by atoms with Crippen LogP contribution in [-0.2, 0) is 11.2 Å². The zero-order valence-corrected chi connectivity index (χ0v) is 11.9. The van der Waals surface area contributed by atoms with E-state index in [4.69, 9.17) is 17.3 Å². The number of rotatable bonds is 5. The van der Waals surface area contributed by atoms with Gasteiger partial charge in [-0.1, -0.05) is 29.8 Å². The summed E-state index contributed by atoms with van der Waals surface area (Å²) in [6.07, 6.45) is 0.764. The lowest BCUT2D eigenvalue weighted by Gasteiger charge is -2.10. The van der Waals surface area contributed by atoms with Crippen LogP contribution >= 0.6 is 22.9 Å². The minimum absolute atomic E-state index is 0.142. The molecule has 0 bridgehead atoms. The average molecular weight is 295 g/mol. The zero-order valence-electron chi connectivity index (χ0n) is 10.3. The summed E-state index contributed by atoms with van der Waals surface area (Å²) in [7, 11) is 0. The van der Waals surface area contributed by atoms with E-state index in [9.17, 15) is 4.79 Å². The molecule has 2 aromatic rings. The number of thiophene rings is 1. The molecule has 0 saturated carbocycles. The number of carbonyl (C=O) groups excluding carboxylic acids is 1. The SMILES string of the molecule is NC(C(=O)NCCc1ccc(Cl)cc1)c1cccs1. The molecule has 2 rings (SSSR count). The average Bonchev–Trinajstić information content (AvgIpc) is 2.94. The first-order chi connectivity index (χ1) is 9.16. The molecule has 5 heteroatoms. The van der Waals surface area contributed by atoms with Gasteiger partial charge in [-0.3, -0.25) is 4.79 Å². The van der Waals surface area contributed by atoms with Crippen LogP contribution in [0.4, 0.5) is 0 Å². The van der Waals surface area contributed by atoms with Crippen LogP contribution in [0.15, 0.2) is 41.8 Å². The second kappa shape index (κ2) is 6.70. The van der Waals surface area contributed by atoms with Gasteiger partial charge in [-0.05, 0) is 35.6 Å². The fourth-order valence-corrected chi connectivity index (χ4v) is 2.54. The fraction of sp³-hybridized carbons (Fsp3) is 0.214. The smallest absolute Gasteiger partial charge is 0.242 e. The van der Waals surface area contributed by atoms with Crippen molar-refractivity contribution in [3.8, 4) is 0 Å². The number of carbonyl (C=O) groups is 1. The van der Waals surface area contributed by atoms with Crippen LogP contribution in [0.3, 0.4) is 0 Å². The molecule has 0 aliphatic rings. The normalized spacial score (nSPS) is 12.1. The lowest BCUT2D eigenvalue weighted by atomic mass is 10.1. The number of nitrogens with one attached hydrogen (secondary N) is 1. The predicted molar refractivity (Wildman–Crippen MR) is 79.4 cm³/mol. The number of benzene rings is 1. The van der Waals surface area contributed by atoms with Crippen molar-refractivity contribution in [1.82, 2.24) is 5.32 Å². The van der Waals surface area contributed by atoms with Gasteiger partial charge in [0.2, 0.25) is 5.91 Å². The van der Waals surface area contributed by atoms with Gasteiger partial charge in [0.15, 0.2) is 0 Å². The first kappa shape index (κ1) is 14.1. The van der Waals surface area contributed by atoms with Gasteiger partial charge >= 0.3 is 0 Å². The van der Waals surface area contributed by atoms with Gasteiger partial charge < -0.3 is 11.1 Å². The summed E-state index contributed by atoms with van der Waals surface area (Å²) in [5.41, 5.74) is 7.00. The van der Waals surface area contributed by atoms with E-state index in [0.29, 0.717) is 11.6 Å². The third-order valence-electron chi connectivity index (χ3n) is 2.76. The Balaban J connectivity index is 1.79. The topological polar surface area (TPSA) is 55.1 Å². The Morgan fingerprint density at radius 3 is 2.68 bits per heavy atom. The van der Waals surface area contributed by atoms with Crippen molar-refractivity contribution < 1.29 is 4.79 Å². The second-order valence-corrected chi connectivity index (χ2v) is 5.58. The van der Waals surface area contributed by atoms with Crippen molar-refractivity contribution in [2.75, 3.05) is 6.54 Å². The molecule has 3 nitrogen and oxygen atoms in total. The summed E-state index contributed by atoms with van der Waals surface area (Å²) < 4.78 is 0. The first-order valence-electron chi connectivity index (χ1n) is 5.98. The van der Waals surface area contributed by atoms with E-state index in [1.165, 1.54) is 11.3 Å². The highest BCUT2D eigenvalue weighted by Gasteiger charge is 2.15. The summed E-state index contributed by atoms with van der Waals surface area (Å²) in [6, 6.07) is 10.8. The molecular formula is C14H15ClN2OS. The maximum atomic E-state index is 11.8. The van der Waals surface area contributed by atoms with Gasteiger partial charge in [0.05, 0.1) is 0 Å². The Labute approximate surface area is 121 Å². The van der Waals surface area contributed by atoms with E-state index in [-0.39, 0.29) is 5.91 Å². The summed E-state index contributed by atoms with van der Waals surface area (Å²) in [5.74, 6) is -0.142. The molecular weight excluding hydrogens is 280 g/mol. The third kappa shape index (κ3) is 4.06. The number of amides is 1. The van der Waals surface area contributed by atoms with Crippen molar-refractivity contribution in [1.29, 1.82) is 0 Å². The van der Waals surface area contributed by atoms with Gasteiger partial charge in [-0.15, -0.1) is 11.3 Å². The Kier molecular flexibility index (Phi) is 4.96. The Bertz CT molecular complexity index is 525. The second-order valence-electron chi connectivity index (χ2n) is 4.16. The summed E-state index contributed by atoms with van der Waals surface area (Å²) in [4.78, 5) is 12.7. The predicted octanol–water partition coefficient (Wildman–Crippen LogP) is 2.76. The fourth-order valence-electron chi connectivity index (χ4n) is 1.69. The molecule has 1 atom stereocenters. The van der Waals surface area contributed by atoms with Crippen LogP contribution in [0.5, 0.6) is 0 Å². The van der Waals surface area contributed by atoms with Gasteiger partial charge in [0, 0.05) is 16.4 Å². The van der Waals surface area contributed by atoms with E-state index in [0.717, 1.165) is 16.9 Å². The van der Waals surface area contributed by atoms with Crippen molar-refractivity contribution >= 4 is 28.8 Å². The minimum Gasteiger partial charge on any atom is -0.354 e. The van der Waals surface area contributed by atoms with E-state index in [2.05, 4.69) is 5.32 Å². The molecule has 0 radical (unpaired) electrons. The minimum atomic E-state index is -0.579. The molecule has 1 unspecified atom stereocenters. The van der Waals surface area contributed by atoms with Crippen LogP contribution in [0, 0.1) is 0 Å². The van der Waals surface area contributed by atoms with Crippen molar-refractivity contribution in [2.24, 2.45) is 5.73 Å². The molecule has 1 aromatic heterocycles. The molecule has 100 valence electrons. The highest BCUT2D eigenvalue weighted by atomic mass is 35.5. The monoisotopic (exact) mass is 294 g/mol. The molecule has 0 aliphatic heterocycles. The standard InChI is InChI=1S/C14H15ClN2OS/c15-11-5-3-10(4-6-11)7-8-17-14(18)13(16)12-2-1-9-19-12/h1-6,9,13H,7-8,16H2,(H,17,18).